The zero-order valence-electron chi connectivity index (χ0n) is 10.0. The first-order valence-corrected chi connectivity index (χ1v) is 5.83. The summed E-state index contributed by atoms with van der Waals surface area (Å²) >= 11 is 0. The number of nitrogens with zero attached hydrogens (tertiary/aromatic N) is 3. The van der Waals surface area contributed by atoms with E-state index >= 15 is 0 Å². The molecule has 0 radical (unpaired) electrons. The summed E-state index contributed by atoms with van der Waals surface area (Å²) in [7, 11) is 0. The molecule has 94 valence electrons. The van der Waals surface area contributed by atoms with Gasteiger partial charge in [-0.2, -0.15) is 4.98 Å². The molecule has 0 saturated carbocycles. The molecule has 0 bridgehead atoms. The molecule has 3 rings (SSSR count). The summed E-state index contributed by atoms with van der Waals surface area (Å²) in [5.41, 5.74) is 2.11. The van der Waals surface area contributed by atoms with Crippen molar-refractivity contribution in [3.05, 3.63) is 54.1 Å². The van der Waals surface area contributed by atoms with Gasteiger partial charge in [-0.05, 0) is 18.2 Å². The van der Waals surface area contributed by atoms with E-state index in [1.54, 1.807) is 12.1 Å². The normalized spacial score (nSPS) is 10.6. The Hall–Kier alpha value is -2.53. The molecule has 0 amide bonds. The molecule has 0 atom stereocenters. The lowest BCUT2D eigenvalue weighted by Gasteiger charge is -2.07. The zero-order chi connectivity index (χ0) is 13.1. The molecule has 0 fully saturated rings. The Morgan fingerprint density at radius 2 is 1.63 bits per heavy atom. The lowest BCUT2D eigenvalue weighted by atomic mass is 10.2. The Morgan fingerprint density at radius 1 is 0.895 bits per heavy atom. The number of para-hydroxylation sites is 2. The molecule has 3 aromatic rings. The molecule has 5 heteroatoms. The van der Waals surface area contributed by atoms with Gasteiger partial charge in [0.05, 0.1) is 12.1 Å². The Bertz CT molecular complexity index is 716. The standard InChI is InChI=1S/C14H11N3O2/c18-9-10-5-1-4-8-13(10)19-14-15-11-6-2-3-7-12(11)16-17-14/h1-8,18H,9H2. The topological polar surface area (TPSA) is 68.1 Å². The summed E-state index contributed by atoms with van der Waals surface area (Å²) in [6, 6.07) is 14.8. The Morgan fingerprint density at radius 3 is 2.47 bits per heavy atom. The summed E-state index contributed by atoms with van der Waals surface area (Å²) in [6.45, 7) is -0.100. The van der Waals surface area contributed by atoms with Crippen LogP contribution in [0.1, 0.15) is 5.56 Å². The van der Waals surface area contributed by atoms with Gasteiger partial charge in [0.25, 0.3) is 0 Å². The lowest BCUT2D eigenvalue weighted by molar-refractivity contribution is 0.275. The summed E-state index contributed by atoms with van der Waals surface area (Å²) in [5.74, 6) is 0.530. The fraction of sp³-hybridized carbons (Fsp3) is 0.0714. The van der Waals surface area contributed by atoms with E-state index in [1.165, 1.54) is 0 Å². The Balaban J connectivity index is 1.96. The first-order chi connectivity index (χ1) is 9.36. The largest absolute Gasteiger partial charge is 0.423 e. The number of benzene rings is 2. The van der Waals surface area contributed by atoms with E-state index in [1.807, 2.05) is 36.4 Å². The van der Waals surface area contributed by atoms with E-state index in [2.05, 4.69) is 15.2 Å². The average Bonchev–Trinajstić information content (AvgIpc) is 2.48. The van der Waals surface area contributed by atoms with Crippen LogP contribution in [0.5, 0.6) is 11.8 Å². The number of aromatic nitrogens is 3. The molecule has 0 saturated heterocycles. The van der Waals surface area contributed by atoms with Gasteiger partial charge in [-0.3, -0.25) is 0 Å². The number of hydrogen-bond donors (Lipinski definition) is 1. The van der Waals surface area contributed by atoms with Crippen LogP contribution >= 0.6 is 0 Å². The Kier molecular flexibility index (Phi) is 3.04. The molecule has 1 heterocycles. The van der Waals surface area contributed by atoms with Gasteiger partial charge in [-0.1, -0.05) is 35.4 Å². The fourth-order valence-electron chi connectivity index (χ4n) is 1.74. The number of hydrogen-bond acceptors (Lipinski definition) is 5. The second-order valence-corrected chi connectivity index (χ2v) is 3.95. The van der Waals surface area contributed by atoms with Crippen LogP contribution < -0.4 is 4.74 Å². The van der Waals surface area contributed by atoms with Crippen molar-refractivity contribution < 1.29 is 9.84 Å². The third-order valence-electron chi connectivity index (χ3n) is 2.69. The molecule has 2 aromatic carbocycles. The highest BCUT2D eigenvalue weighted by atomic mass is 16.5. The molecule has 1 aromatic heterocycles. The molecule has 0 spiro atoms. The third-order valence-corrected chi connectivity index (χ3v) is 2.69. The van der Waals surface area contributed by atoms with Crippen molar-refractivity contribution in [2.75, 3.05) is 0 Å². The number of fused-ring (bicyclic) bond motifs is 1. The molecule has 1 N–H and O–H groups in total. The van der Waals surface area contributed by atoms with Gasteiger partial charge in [0.2, 0.25) is 0 Å². The van der Waals surface area contributed by atoms with Crippen molar-refractivity contribution in [1.29, 1.82) is 0 Å². The van der Waals surface area contributed by atoms with Crippen molar-refractivity contribution in [2.24, 2.45) is 0 Å². The maximum atomic E-state index is 9.23. The van der Waals surface area contributed by atoms with Crippen LogP contribution in [-0.4, -0.2) is 20.3 Å². The molecule has 0 aliphatic rings. The van der Waals surface area contributed by atoms with Crippen LogP contribution in [0.25, 0.3) is 11.0 Å². The molecular formula is C14H11N3O2. The monoisotopic (exact) mass is 253 g/mol. The SMILES string of the molecule is OCc1ccccc1Oc1nnc2ccccc2n1. The third kappa shape index (κ3) is 2.36. The van der Waals surface area contributed by atoms with Crippen molar-refractivity contribution in [2.45, 2.75) is 6.61 Å². The lowest BCUT2D eigenvalue weighted by Crippen LogP contribution is -1.97. The van der Waals surface area contributed by atoms with Crippen LogP contribution in [0.3, 0.4) is 0 Å². The summed E-state index contributed by atoms with van der Waals surface area (Å²) < 4.78 is 5.56. The van der Waals surface area contributed by atoms with Gasteiger partial charge in [0, 0.05) is 5.56 Å². The minimum atomic E-state index is -0.100. The fourth-order valence-corrected chi connectivity index (χ4v) is 1.74. The van der Waals surface area contributed by atoms with E-state index in [4.69, 9.17) is 4.74 Å². The van der Waals surface area contributed by atoms with Crippen LogP contribution in [0.2, 0.25) is 0 Å². The van der Waals surface area contributed by atoms with Crippen LogP contribution in [0, 0.1) is 0 Å². The van der Waals surface area contributed by atoms with Gasteiger partial charge >= 0.3 is 6.01 Å². The van der Waals surface area contributed by atoms with Crippen molar-refractivity contribution in [1.82, 2.24) is 15.2 Å². The molecule has 5 nitrogen and oxygen atoms in total. The van der Waals surface area contributed by atoms with Crippen molar-refractivity contribution in [3.8, 4) is 11.8 Å². The van der Waals surface area contributed by atoms with E-state index in [-0.39, 0.29) is 12.6 Å². The van der Waals surface area contributed by atoms with E-state index < -0.39 is 0 Å². The molecule has 19 heavy (non-hydrogen) atoms. The molecule has 0 aliphatic carbocycles. The maximum Gasteiger partial charge on any atom is 0.341 e. The minimum Gasteiger partial charge on any atom is -0.423 e. The van der Waals surface area contributed by atoms with Crippen LogP contribution in [0.15, 0.2) is 48.5 Å². The number of aliphatic hydroxyl groups is 1. The number of ether oxygens (including phenoxy) is 1. The Labute approximate surface area is 109 Å². The first-order valence-electron chi connectivity index (χ1n) is 5.83. The highest BCUT2D eigenvalue weighted by Gasteiger charge is 2.07. The average molecular weight is 253 g/mol. The van der Waals surface area contributed by atoms with Gasteiger partial charge in [0.1, 0.15) is 11.3 Å². The predicted molar refractivity (Wildman–Crippen MR) is 69.8 cm³/mol. The van der Waals surface area contributed by atoms with E-state index in [0.29, 0.717) is 22.3 Å². The van der Waals surface area contributed by atoms with Gasteiger partial charge in [-0.15, -0.1) is 5.10 Å². The predicted octanol–water partition coefficient (Wildman–Crippen LogP) is 2.31. The second-order valence-electron chi connectivity index (χ2n) is 3.95. The van der Waals surface area contributed by atoms with Gasteiger partial charge in [-0.25, -0.2) is 0 Å². The minimum absolute atomic E-state index is 0.100. The molecular weight excluding hydrogens is 242 g/mol. The summed E-state index contributed by atoms with van der Waals surface area (Å²) in [5, 5.41) is 17.2. The highest BCUT2D eigenvalue weighted by molar-refractivity contribution is 5.73. The summed E-state index contributed by atoms with van der Waals surface area (Å²) in [4.78, 5) is 4.27. The first kappa shape index (κ1) is 11.6. The quantitative estimate of drug-likeness (QED) is 0.775. The van der Waals surface area contributed by atoms with E-state index in [0.717, 1.165) is 0 Å². The van der Waals surface area contributed by atoms with Crippen LogP contribution in [0.4, 0.5) is 0 Å². The maximum absolute atomic E-state index is 9.23. The summed E-state index contributed by atoms with van der Waals surface area (Å²) in [6.07, 6.45) is 0. The zero-order valence-corrected chi connectivity index (χ0v) is 10.0. The number of rotatable bonds is 3. The van der Waals surface area contributed by atoms with Crippen molar-refractivity contribution >= 4 is 11.0 Å². The molecule has 0 aliphatic heterocycles. The highest BCUT2D eigenvalue weighted by Crippen LogP contribution is 2.23. The van der Waals surface area contributed by atoms with E-state index in [9.17, 15) is 5.11 Å². The smallest absolute Gasteiger partial charge is 0.341 e. The van der Waals surface area contributed by atoms with Gasteiger partial charge < -0.3 is 9.84 Å². The van der Waals surface area contributed by atoms with Crippen LogP contribution in [-0.2, 0) is 6.61 Å². The molecule has 0 unspecified atom stereocenters. The van der Waals surface area contributed by atoms with Gasteiger partial charge in [0.15, 0.2) is 0 Å². The van der Waals surface area contributed by atoms with Crippen molar-refractivity contribution in [3.63, 3.8) is 0 Å². The number of aliphatic hydroxyl groups excluding tert-OH is 1. The second kappa shape index (κ2) is 4.99.